The lowest BCUT2D eigenvalue weighted by molar-refractivity contribution is 0.206. The van der Waals surface area contributed by atoms with Crippen LogP contribution in [0.5, 0.6) is 0 Å². The molecule has 0 fully saturated rings. The molecule has 3 nitrogen and oxygen atoms in total. The largest absolute Gasteiger partial charge is 0.389 e. The number of halogens is 1. The number of hydrogen-bond donors (Lipinski definition) is 1. The third-order valence-corrected chi connectivity index (χ3v) is 3.32. The van der Waals surface area contributed by atoms with E-state index in [1.54, 1.807) is 0 Å². The summed E-state index contributed by atoms with van der Waals surface area (Å²) in [6.45, 7) is 2.93. The molecule has 1 aromatic rings. The van der Waals surface area contributed by atoms with E-state index in [1.807, 2.05) is 17.0 Å². The molecule has 0 saturated carbocycles. The highest BCUT2D eigenvalue weighted by Crippen LogP contribution is 2.31. The molecule has 1 heterocycles. The number of aromatic nitrogens is 2. The Kier molecular flexibility index (Phi) is 3.26. The van der Waals surface area contributed by atoms with Crippen LogP contribution in [0.4, 0.5) is 0 Å². The summed E-state index contributed by atoms with van der Waals surface area (Å²) in [7, 11) is 0. The first-order valence-corrected chi connectivity index (χ1v) is 6.12. The van der Waals surface area contributed by atoms with Crippen molar-refractivity contribution in [2.45, 2.75) is 38.8 Å². The van der Waals surface area contributed by atoms with Gasteiger partial charge in [0.05, 0.1) is 22.5 Å². The molecule has 0 spiro atoms. The minimum absolute atomic E-state index is 0.291. The van der Waals surface area contributed by atoms with E-state index in [4.69, 9.17) is 0 Å². The molecular formula is C11H15BrN2O. The fourth-order valence-electron chi connectivity index (χ4n) is 2.02. The standard InChI is InChI=1S/C11H15BrN2O/c1-2-14-11(10(12)7-13-14)8-4-3-5-9(15)6-8/h6-7,9,15H,2-5H2,1H3. The minimum Gasteiger partial charge on any atom is -0.389 e. The number of allylic oxidation sites excluding steroid dienone is 1. The molecule has 0 saturated heterocycles. The summed E-state index contributed by atoms with van der Waals surface area (Å²) in [5, 5.41) is 13.9. The fraction of sp³-hybridized carbons (Fsp3) is 0.545. The number of rotatable bonds is 2. The zero-order valence-electron chi connectivity index (χ0n) is 8.78. The number of aliphatic hydroxyl groups is 1. The van der Waals surface area contributed by atoms with Gasteiger partial charge in [0.1, 0.15) is 0 Å². The van der Waals surface area contributed by atoms with Gasteiger partial charge in [-0.25, -0.2) is 0 Å². The van der Waals surface area contributed by atoms with Gasteiger partial charge in [-0.3, -0.25) is 4.68 Å². The van der Waals surface area contributed by atoms with Gasteiger partial charge in [-0.15, -0.1) is 0 Å². The van der Waals surface area contributed by atoms with Gasteiger partial charge in [0.15, 0.2) is 0 Å². The van der Waals surface area contributed by atoms with Crippen LogP contribution in [0.3, 0.4) is 0 Å². The van der Waals surface area contributed by atoms with Crippen molar-refractivity contribution in [2.75, 3.05) is 0 Å². The average molecular weight is 271 g/mol. The maximum Gasteiger partial charge on any atom is 0.0781 e. The predicted molar refractivity (Wildman–Crippen MR) is 63.4 cm³/mol. The molecule has 0 radical (unpaired) electrons. The monoisotopic (exact) mass is 270 g/mol. The molecule has 0 aromatic carbocycles. The first-order valence-electron chi connectivity index (χ1n) is 5.32. The summed E-state index contributed by atoms with van der Waals surface area (Å²) >= 11 is 3.51. The zero-order valence-corrected chi connectivity index (χ0v) is 10.4. The number of aliphatic hydroxyl groups excluding tert-OH is 1. The molecule has 2 rings (SSSR count). The first kappa shape index (κ1) is 10.9. The molecule has 82 valence electrons. The van der Waals surface area contributed by atoms with Crippen LogP contribution in [0.2, 0.25) is 0 Å². The van der Waals surface area contributed by atoms with E-state index in [9.17, 15) is 5.11 Å². The number of aryl methyl sites for hydroxylation is 1. The lowest BCUT2D eigenvalue weighted by Crippen LogP contribution is -2.11. The van der Waals surface area contributed by atoms with Crippen LogP contribution < -0.4 is 0 Å². The molecule has 1 unspecified atom stereocenters. The van der Waals surface area contributed by atoms with Crippen LogP contribution in [-0.2, 0) is 6.54 Å². The van der Waals surface area contributed by atoms with Crippen molar-refractivity contribution in [3.8, 4) is 0 Å². The molecular weight excluding hydrogens is 256 g/mol. The van der Waals surface area contributed by atoms with E-state index in [2.05, 4.69) is 28.0 Å². The highest BCUT2D eigenvalue weighted by Gasteiger charge is 2.17. The second-order valence-electron chi connectivity index (χ2n) is 3.81. The maximum absolute atomic E-state index is 9.61. The molecule has 1 aromatic heterocycles. The predicted octanol–water partition coefficient (Wildman–Crippen LogP) is 2.59. The van der Waals surface area contributed by atoms with Gasteiger partial charge in [-0.1, -0.05) is 6.08 Å². The Hall–Kier alpha value is -0.610. The number of hydrogen-bond acceptors (Lipinski definition) is 2. The normalized spacial score (nSPS) is 21.5. The van der Waals surface area contributed by atoms with Crippen LogP contribution in [0.15, 0.2) is 16.7 Å². The van der Waals surface area contributed by atoms with Gasteiger partial charge in [0, 0.05) is 6.54 Å². The van der Waals surface area contributed by atoms with Crippen LogP contribution >= 0.6 is 15.9 Å². The van der Waals surface area contributed by atoms with Gasteiger partial charge in [-0.05, 0) is 47.7 Å². The molecule has 1 N–H and O–H groups in total. The van der Waals surface area contributed by atoms with Crippen molar-refractivity contribution in [1.82, 2.24) is 9.78 Å². The van der Waals surface area contributed by atoms with Gasteiger partial charge in [0.2, 0.25) is 0 Å². The maximum atomic E-state index is 9.61. The zero-order chi connectivity index (χ0) is 10.8. The SMILES string of the molecule is CCn1ncc(Br)c1C1=CC(O)CCC1. The number of nitrogens with zero attached hydrogens (tertiary/aromatic N) is 2. The van der Waals surface area contributed by atoms with Gasteiger partial charge in [0.25, 0.3) is 0 Å². The molecule has 15 heavy (non-hydrogen) atoms. The smallest absolute Gasteiger partial charge is 0.0781 e. The highest BCUT2D eigenvalue weighted by atomic mass is 79.9. The molecule has 1 aliphatic carbocycles. The van der Waals surface area contributed by atoms with E-state index >= 15 is 0 Å². The third-order valence-electron chi connectivity index (χ3n) is 2.74. The van der Waals surface area contributed by atoms with Crippen LogP contribution in [-0.4, -0.2) is 21.0 Å². The Balaban J connectivity index is 2.39. The molecule has 1 aliphatic rings. The van der Waals surface area contributed by atoms with Crippen molar-refractivity contribution < 1.29 is 5.11 Å². The van der Waals surface area contributed by atoms with Gasteiger partial charge < -0.3 is 5.11 Å². The van der Waals surface area contributed by atoms with Crippen LogP contribution in [0.1, 0.15) is 31.9 Å². The summed E-state index contributed by atoms with van der Waals surface area (Å²) in [6.07, 6.45) is 6.44. The molecule has 1 atom stereocenters. The van der Waals surface area contributed by atoms with Crippen molar-refractivity contribution in [1.29, 1.82) is 0 Å². The Morgan fingerprint density at radius 2 is 2.47 bits per heavy atom. The van der Waals surface area contributed by atoms with Crippen molar-refractivity contribution in [3.63, 3.8) is 0 Å². The van der Waals surface area contributed by atoms with E-state index in [-0.39, 0.29) is 6.10 Å². The second kappa shape index (κ2) is 4.49. The minimum atomic E-state index is -0.291. The van der Waals surface area contributed by atoms with Gasteiger partial charge >= 0.3 is 0 Å². The summed E-state index contributed by atoms with van der Waals surface area (Å²) in [4.78, 5) is 0. The van der Waals surface area contributed by atoms with Crippen molar-refractivity contribution in [2.24, 2.45) is 0 Å². The van der Waals surface area contributed by atoms with E-state index < -0.39 is 0 Å². The summed E-state index contributed by atoms with van der Waals surface area (Å²) < 4.78 is 2.98. The first-order chi connectivity index (χ1) is 7.22. The Morgan fingerprint density at radius 3 is 3.13 bits per heavy atom. The lowest BCUT2D eigenvalue weighted by Gasteiger charge is -2.18. The topological polar surface area (TPSA) is 38.0 Å². The second-order valence-corrected chi connectivity index (χ2v) is 4.66. The summed E-state index contributed by atoms with van der Waals surface area (Å²) in [5.41, 5.74) is 2.33. The molecule has 0 bridgehead atoms. The van der Waals surface area contributed by atoms with E-state index in [1.165, 1.54) is 5.57 Å². The van der Waals surface area contributed by atoms with Crippen LogP contribution in [0.25, 0.3) is 5.57 Å². The van der Waals surface area contributed by atoms with E-state index in [0.29, 0.717) is 0 Å². The summed E-state index contributed by atoms with van der Waals surface area (Å²) in [6, 6.07) is 0. The van der Waals surface area contributed by atoms with Crippen molar-refractivity contribution >= 4 is 21.5 Å². The Labute approximate surface area is 97.9 Å². The van der Waals surface area contributed by atoms with Crippen LogP contribution in [0, 0.1) is 0 Å². The van der Waals surface area contributed by atoms with E-state index in [0.717, 1.165) is 36.0 Å². The molecule has 0 aliphatic heterocycles. The molecule has 4 heteroatoms. The summed E-state index contributed by atoms with van der Waals surface area (Å²) in [5.74, 6) is 0. The average Bonchev–Trinajstić information content (AvgIpc) is 2.59. The quantitative estimate of drug-likeness (QED) is 0.897. The highest BCUT2D eigenvalue weighted by molar-refractivity contribution is 9.10. The fourth-order valence-corrected chi connectivity index (χ4v) is 2.57. The Morgan fingerprint density at radius 1 is 1.67 bits per heavy atom. The lowest BCUT2D eigenvalue weighted by atomic mass is 9.95. The Bertz CT molecular complexity index is 384. The third kappa shape index (κ3) is 2.16. The molecule has 0 amide bonds. The van der Waals surface area contributed by atoms with Crippen molar-refractivity contribution in [3.05, 3.63) is 22.4 Å². The van der Waals surface area contributed by atoms with Gasteiger partial charge in [-0.2, -0.15) is 5.10 Å².